The standard InChI is InChI=1S/C16H23NO.C10H10N2O/c1-3-7-15(8-4-1)17(11-14-12-18-13-14)16-9-5-2-6-10-16;1-6-9(10(11)13)7-4-2-3-5-8(7)12-6/h1,3-4,7-8,14,16H,2,5-6,9-13H2;2-5,12H,1H3,(H2,11,13). The molecule has 0 unspecified atom stereocenters. The number of benzene rings is 2. The number of aromatic amines is 1. The van der Waals surface area contributed by atoms with Crippen molar-refractivity contribution in [1.82, 2.24) is 4.98 Å². The molecule has 2 heterocycles. The van der Waals surface area contributed by atoms with Gasteiger partial charge in [0.05, 0.1) is 18.8 Å². The highest BCUT2D eigenvalue weighted by Crippen LogP contribution is 2.29. The number of anilines is 1. The fourth-order valence-electron chi connectivity index (χ4n) is 4.74. The van der Waals surface area contributed by atoms with E-state index in [9.17, 15) is 4.79 Å². The van der Waals surface area contributed by atoms with Crippen LogP contribution in [0.15, 0.2) is 54.6 Å². The zero-order valence-electron chi connectivity index (χ0n) is 18.3. The molecule has 0 spiro atoms. The summed E-state index contributed by atoms with van der Waals surface area (Å²) in [5, 5.41) is 0.896. The number of nitrogens with zero attached hydrogens (tertiary/aromatic N) is 1. The van der Waals surface area contributed by atoms with E-state index in [2.05, 4.69) is 40.2 Å². The minimum Gasteiger partial charge on any atom is -0.381 e. The second kappa shape index (κ2) is 10.0. The molecule has 31 heavy (non-hydrogen) atoms. The summed E-state index contributed by atoms with van der Waals surface area (Å²) in [7, 11) is 0. The summed E-state index contributed by atoms with van der Waals surface area (Å²) in [6, 6.07) is 19.3. The highest BCUT2D eigenvalue weighted by molar-refractivity contribution is 6.07. The van der Waals surface area contributed by atoms with Gasteiger partial charge in [-0.15, -0.1) is 0 Å². The fourth-order valence-corrected chi connectivity index (χ4v) is 4.74. The molecule has 3 N–H and O–H groups in total. The third kappa shape index (κ3) is 5.10. The molecule has 0 radical (unpaired) electrons. The zero-order chi connectivity index (χ0) is 21.6. The van der Waals surface area contributed by atoms with Crippen LogP contribution in [0.4, 0.5) is 5.69 Å². The lowest BCUT2D eigenvalue weighted by Crippen LogP contribution is -2.45. The lowest BCUT2D eigenvalue weighted by molar-refractivity contribution is -0.0285. The van der Waals surface area contributed by atoms with Crippen LogP contribution in [0.25, 0.3) is 10.9 Å². The number of nitrogens with two attached hydrogens (primary N) is 1. The quantitative estimate of drug-likeness (QED) is 0.608. The van der Waals surface area contributed by atoms with Crippen LogP contribution in [0.1, 0.15) is 48.2 Å². The maximum absolute atomic E-state index is 11.1. The van der Waals surface area contributed by atoms with Gasteiger partial charge in [-0.25, -0.2) is 0 Å². The number of carbonyl (C=O) groups excluding carboxylic acids is 1. The molecule has 2 aliphatic rings. The minimum absolute atomic E-state index is 0.380. The van der Waals surface area contributed by atoms with Gasteiger partial charge in [0.25, 0.3) is 5.91 Å². The Morgan fingerprint density at radius 1 is 1.03 bits per heavy atom. The second-order valence-electron chi connectivity index (χ2n) is 8.72. The number of rotatable bonds is 5. The molecule has 0 atom stereocenters. The van der Waals surface area contributed by atoms with E-state index in [4.69, 9.17) is 10.5 Å². The Morgan fingerprint density at radius 3 is 2.35 bits per heavy atom. The van der Waals surface area contributed by atoms with Crippen molar-refractivity contribution >= 4 is 22.5 Å². The fraction of sp³-hybridized carbons (Fsp3) is 0.423. The van der Waals surface area contributed by atoms with Crippen molar-refractivity contribution in [2.75, 3.05) is 24.7 Å². The first-order chi connectivity index (χ1) is 15.1. The van der Waals surface area contributed by atoms with Gasteiger partial charge >= 0.3 is 0 Å². The van der Waals surface area contributed by atoms with E-state index >= 15 is 0 Å². The summed E-state index contributed by atoms with van der Waals surface area (Å²) in [5.41, 5.74) is 9.04. The average Bonchev–Trinajstić information content (AvgIpc) is 3.11. The largest absolute Gasteiger partial charge is 0.381 e. The topological polar surface area (TPSA) is 71.4 Å². The normalized spacial score (nSPS) is 16.9. The van der Waals surface area contributed by atoms with Gasteiger partial charge in [-0.3, -0.25) is 4.79 Å². The van der Waals surface area contributed by atoms with Crippen LogP contribution in [0, 0.1) is 12.8 Å². The molecule has 5 heteroatoms. The van der Waals surface area contributed by atoms with Crippen molar-refractivity contribution in [2.45, 2.75) is 45.1 Å². The first-order valence-corrected chi connectivity index (χ1v) is 11.4. The molecule has 2 aromatic carbocycles. The number of carbonyl (C=O) groups is 1. The molecular weight excluding hydrogens is 386 g/mol. The van der Waals surface area contributed by atoms with Crippen molar-refractivity contribution in [3.05, 3.63) is 65.9 Å². The van der Waals surface area contributed by atoms with Gasteiger partial charge < -0.3 is 20.4 Å². The summed E-state index contributed by atoms with van der Waals surface area (Å²) >= 11 is 0. The molecule has 3 aromatic rings. The van der Waals surface area contributed by atoms with E-state index in [0.717, 1.165) is 41.8 Å². The maximum Gasteiger partial charge on any atom is 0.251 e. The van der Waals surface area contributed by atoms with Crippen molar-refractivity contribution < 1.29 is 9.53 Å². The minimum atomic E-state index is -0.380. The lowest BCUT2D eigenvalue weighted by atomic mass is 9.92. The molecule has 1 aliphatic heterocycles. The highest BCUT2D eigenvalue weighted by atomic mass is 16.5. The Balaban J connectivity index is 0.000000158. The first-order valence-electron chi connectivity index (χ1n) is 11.4. The molecule has 1 aliphatic carbocycles. The molecule has 5 nitrogen and oxygen atoms in total. The molecule has 1 saturated carbocycles. The van der Waals surface area contributed by atoms with Crippen LogP contribution < -0.4 is 10.6 Å². The van der Waals surface area contributed by atoms with Gasteiger partial charge in [-0.1, -0.05) is 55.7 Å². The molecule has 164 valence electrons. The molecule has 1 saturated heterocycles. The Bertz CT molecular complexity index is 988. The van der Waals surface area contributed by atoms with E-state index < -0.39 is 0 Å². The van der Waals surface area contributed by atoms with E-state index in [1.165, 1.54) is 44.3 Å². The van der Waals surface area contributed by atoms with Crippen molar-refractivity contribution in [2.24, 2.45) is 11.7 Å². The maximum atomic E-state index is 11.1. The Kier molecular flexibility index (Phi) is 6.92. The van der Waals surface area contributed by atoms with Crippen molar-refractivity contribution in [3.8, 4) is 0 Å². The summed E-state index contributed by atoms with van der Waals surface area (Å²) in [4.78, 5) is 16.9. The number of primary amides is 1. The smallest absolute Gasteiger partial charge is 0.251 e. The van der Waals surface area contributed by atoms with Crippen LogP contribution in [-0.4, -0.2) is 36.7 Å². The number of nitrogens with one attached hydrogen (secondary N) is 1. The summed E-state index contributed by atoms with van der Waals surface area (Å²) in [5.74, 6) is 0.363. The predicted molar refractivity (Wildman–Crippen MR) is 127 cm³/mol. The number of H-pyrrole nitrogens is 1. The number of ether oxygens (including phenoxy) is 1. The Morgan fingerprint density at radius 2 is 1.71 bits per heavy atom. The Labute approximate surface area is 184 Å². The molecular formula is C26H33N3O2. The molecule has 5 rings (SSSR count). The number of fused-ring (bicyclic) bond motifs is 1. The molecule has 0 bridgehead atoms. The van der Waals surface area contributed by atoms with Gasteiger partial charge in [0.15, 0.2) is 0 Å². The van der Waals surface area contributed by atoms with Crippen LogP contribution in [-0.2, 0) is 4.74 Å². The van der Waals surface area contributed by atoms with E-state index in [0.29, 0.717) is 5.56 Å². The van der Waals surface area contributed by atoms with Crippen molar-refractivity contribution in [1.29, 1.82) is 0 Å². The lowest BCUT2D eigenvalue weighted by Gasteiger charge is -2.40. The number of para-hydroxylation sites is 2. The summed E-state index contributed by atoms with van der Waals surface area (Å²) < 4.78 is 5.33. The van der Waals surface area contributed by atoms with Crippen LogP contribution in [0.5, 0.6) is 0 Å². The van der Waals surface area contributed by atoms with E-state index in [1.807, 2.05) is 31.2 Å². The van der Waals surface area contributed by atoms with E-state index in [-0.39, 0.29) is 5.91 Å². The highest BCUT2D eigenvalue weighted by Gasteiger charge is 2.27. The number of hydrogen-bond acceptors (Lipinski definition) is 3. The second-order valence-corrected chi connectivity index (χ2v) is 8.72. The van der Waals surface area contributed by atoms with Gasteiger partial charge in [-0.2, -0.15) is 0 Å². The first kappa shape index (κ1) is 21.4. The zero-order valence-corrected chi connectivity index (χ0v) is 18.3. The summed E-state index contributed by atoms with van der Waals surface area (Å²) in [6.07, 6.45) is 6.95. The van der Waals surface area contributed by atoms with Gasteiger partial charge in [-0.05, 0) is 38.0 Å². The predicted octanol–water partition coefficient (Wildman–Crippen LogP) is 5.05. The monoisotopic (exact) mass is 419 g/mol. The van der Waals surface area contributed by atoms with Crippen LogP contribution >= 0.6 is 0 Å². The Hall–Kier alpha value is -2.79. The third-order valence-corrected chi connectivity index (χ3v) is 6.41. The number of hydrogen-bond donors (Lipinski definition) is 2. The number of amides is 1. The number of aromatic nitrogens is 1. The molecule has 1 aromatic heterocycles. The average molecular weight is 420 g/mol. The SMILES string of the molecule is Cc1[nH]c2ccccc2c1C(N)=O.c1ccc(N(CC2COC2)C2CCCCC2)cc1. The van der Waals surface area contributed by atoms with Crippen molar-refractivity contribution in [3.63, 3.8) is 0 Å². The van der Waals surface area contributed by atoms with Crippen LogP contribution in [0.2, 0.25) is 0 Å². The molecule has 1 amide bonds. The summed E-state index contributed by atoms with van der Waals surface area (Å²) in [6.45, 7) is 4.93. The molecule has 2 fully saturated rings. The van der Waals surface area contributed by atoms with Gasteiger partial charge in [0.2, 0.25) is 0 Å². The number of aryl methyl sites for hydroxylation is 1. The van der Waals surface area contributed by atoms with Gasteiger partial charge in [0.1, 0.15) is 0 Å². The van der Waals surface area contributed by atoms with Gasteiger partial charge in [0, 0.05) is 40.8 Å². The van der Waals surface area contributed by atoms with Crippen LogP contribution in [0.3, 0.4) is 0 Å². The third-order valence-electron chi connectivity index (χ3n) is 6.41. The van der Waals surface area contributed by atoms with E-state index in [1.54, 1.807) is 0 Å².